The van der Waals surface area contributed by atoms with Gasteiger partial charge in [-0.25, -0.2) is 0 Å². The number of aliphatic hydroxyl groups excluding tert-OH is 1. The first-order valence-electron chi connectivity index (χ1n) is 6.23. The molecule has 0 aliphatic rings. The summed E-state index contributed by atoms with van der Waals surface area (Å²) >= 11 is 3.34. The Hall–Kier alpha value is -1.07. The summed E-state index contributed by atoms with van der Waals surface area (Å²) in [5, 5.41) is 12.1. The quantitative estimate of drug-likeness (QED) is 0.843. The molecule has 0 aliphatic carbocycles. The highest BCUT2D eigenvalue weighted by molar-refractivity contribution is 9.10. The lowest BCUT2D eigenvalue weighted by Crippen LogP contribution is -2.38. The van der Waals surface area contributed by atoms with E-state index in [1.807, 2.05) is 0 Å². The summed E-state index contributed by atoms with van der Waals surface area (Å²) in [6.07, 6.45) is 0.750. The number of methoxy groups -OCH3 is 1. The Morgan fingerprint density at radius 3 is 2.63 bits per heavy atom. The molecule has 0 saturated carbocycles. The maximum atomic E-state index is 12.1. The molecule has 0 spiro atoms. The number of nitrogens with one attached hydrogen (secondary N) is 1. The summed E-state index contributed by atoms with van der Waals surface area (Å²) in [6.45, 7) is 4.05. The van der Waals surface area contributed by atoms with Crippen LogP contribution < -0.4 is 10.1 Å². The third-order valence-electron chi connectivity index (χ3n) is 2.73. The van der Waals surface area contributed by atoms with Crippen LogP contribution in [0, 0.1) is 5.92 Å². The predicted octanol–water partition coefficient (Wildman–Crippen LogP) is 2.59. The highest BCUT2D eigenvalue weighted by Gasteiger charge is 2.15. The molecule has 0 heterocycles. The second-order valence-corrected chi connectivity index (χ2v) is 5.69. The lowest BCUT2D eigenvalue weighted by Gasteiger charge is -2.18. The van der Waals surface area contributed by atoms with Crippen LogP contribution in [0.5, 0.6) is 5.75 Å². The number of carbonyl (C=O) groups is 1. The molecule has 106 valence electrons. The van der Waals surface area contributed by atoms with Gasteiger partial charge in [0, 0.05) is 5.56 Å². The molecule has 4 nitrogen and oxygen atoms in total. The molecule has 0 aliphatic heterocycles. The molecule has 1 rings (SSSR count). The van der Waals surface area contributed by atoms with E-state index in [9.17, 15) is 9.90 Å². The zero-order valence-corrected chi connectivity index (χ0v) is 13.0. The van der Waals surface area contributed by atoms with Gasteiger partial charge in [-0.05, 0) is 46.5 Å². The van der Waals surface area contributed by atoms with Crippen LogP contribution in [0.1, 0.15) is 30.6 Å². The van der Waals surface area contributed by atoms with E-state index in [4.69, 9.17) is 4.74 Å². The Morgan fingerprint density at radius 2 is 2.16 bits per heavy atom. The number of hydrogen-bond acceptors (Lipinski definition) is 3. The normalized spacial score (nSPS) is 12.3. The average molecular weight is 330 g/mol. The van der Waals surface area contributed by atoms with Crippen molar-refractivity contribution >= 4 is 21.8 Å². The zero-order valence-electron chi connectivity index (χ0n) is 11.4. The fraction of sp³-hybridized carbons (Fsp3) is 0.500. The maximum absolute atomic E-state index is 12.1. The lowest BCUT2D eigenvalue weighted by atomic mass is 10.0. The number of carbonyl (C=O) groups excluding carboxylic acids is 1. The summed E-state index contributed by atoms with van der Waals surface area (Å²) < 4.78 is 5.84. The first-order valence-corrected chi connectivity index (χ1v) is 7.02. The summed E-state index contributed by atoms with van der Waals surface area (Å²) in [4.78, 5) is 12.1. The van der Waals surface area contributed by atoms with Crippen LogP contribution in [0.4, 0.5) is 0 Å². The monoisotopic (exact) mass is 329 g/mol. The Bertz CT molecular complexity index is 435. The second-order valence-electron chi connectivity index (χ2n) is 4.83. The summed E-state index contributed by atoms with van der Waals surface area (Å²) in [5.74, 6) is 0.903. The average Bonchev–Trinajstić information content (AvgIpc) is 2.37. The third-order valence-corrected chi connectivity index (χ3v) is 3.35. The fourth-order valence-corrected chi connectivity index (χ4v) is 2.37. The summed E-state index contributed by atoms with van der Waals surface area (Å²) in [6, 6.07) is 4.92. The van der Waals surface area contributed by atoms with Crippen LogP contribution in [-0.4, -0.2) is 30.8 Å². The molecule has 1 atom stereocenters. The van der Waals surface area contributed by atoms with Crippen molar-refractivity contribution in [3.8, 4) is 5.75 Å². The van der Waals surface area contributed by atoms with E-state index in [-0.39, 0.29) is 18.6 Å². The highest BCUT2D eigenvalue weighted by Crippen LogP contribution is 2.25. The zero-order chi connectivity index (χ0) is 14.4. The Labute approximate surface area is 122 Å². The van der Waals surface area contributed by atoms with E-state index in [1.165, 1.54) is 0 Å². The van der Waals surface area contributed by atoms with Crippen LogP contribution in [-0.2, 0) is 0 Å². The Morgan fingerprint density at radius 1 is 1.47 bits per heavy atom. The van der Waals surface area contributed by atoms with Crippen molar-refractivity contribution in [3.05, 3.63) is 28.2 Å². The third kappa shape index (κ3) is 4.84. The van der Waals surface area contributed by atoms with Gasteiger partial charge in [-0.3, -0.25) is 4.79 Å². The van der Waals surface area contributed by atoms with Crippen molar-refractivity contribution in [2.24, 2.45) is 5.92 Å². The minimum atomic E-state index is -0.214. The first-order chi connectivity index (χ1) is 8.97. The number of benzene rings is 1. The minimum absolute atomic E-state index is 0.0543. The molecule has 1 unspecified atom stereocenters. The van der Waals surface area contributed by atoms with Gasteiger partial charge in [0.05, 0.1) is 24.2 Å². The topological polar surface area (TPSA) is 58.6 Å². The van der Waals surface area contributed by atoms with Crippen LogP contribution in [0.2, 0.25) is 0 Å². The van der Waals surface area contributed by atoms with E-state index in [0.717, 1.165) is 10.9 Å². The van der Waals surface area contributed by atoms with Gasteiger partial charge in [0.15, 0.2) is 0 Å². The molecule has 0 radical (unpaired) electrons. The number of aliphatic hydroxyl groups is 1. The summed E-state index contributed by atoms with van der Waals surface area (Å²) in [5.41, 5.74) is 0.537. The molecule has 2 N–H and O–H groups in total. The number of halogens is 1. The molecule has 19 heavy (non-hydrogen) atoms. The van der Waals surface area contributed by atoms with Gasteiger partial charge in [-0.2, -0.15) is 0 Å². The molecule has 1 aromatic carbocycles. The van der Waals surface area contributed by atoms with Crippen molar-refractivity contribution < 1.29 is 14.6 Å². The van der Waals surface area contributed by atoms with E-state index in [1.54, 1.807) is 25.3 Å². The van der Waals surface area contributed by atoms with Gasteiger partial charge >= 0.3 is 0 Å². The second kappa shape index (κ2) is 7.50. The first kappa shape index (κ1) is 16.0. The van der Waals surface area contributed by atoms with E-state index in [2.05, 4.69) is 35.1 Å². The number of rotatable bonds is 6. The molecule has 5 heteroatoms. The number of hydrogen-bond donors (Lipinski definition) is 2. The van der Waals surface area contributed by atoms with E-state index >= 15 is 0 Å². The largest absolute Gasteiger partial charge is 0.496 e. The van der Waals surface area contributed by atoms with Gasteiger partial charge in [0.1, 0.15) is 5.75 Å². The van der Waals surface area contributed by atoms with Gasteiger partial charge in [-0.1, -0.05) is 13.8 Å². The van der Waals surface area contributed by atoms with E-state index < -0.39 is 0 Å². The molecular weight excluding hydrogens is 310 g/mol. The van der Waals surface area contributed by atoms with Crippen LogP contribution in [0.25, 0.3) is 0 Å². The molecule has 0 aromatic heterocycles. The molecule has 1 aromatic rings. The van der Waals surface area contributed by atoms with Crippen LogP contribution in [0.3, 0.4) is 0 Å². The SMILES string of the molecule is COc1ccc(C(=O)NC(CO)CC(C)C)cc1Br. The maximum Gasteiger partial charge on any atom is 0.251 e. The van der Waals surface area contributed by atoms with Gasteiger partial charge in [0.25, 0.3) is 5.91 Å². The Kier molecular flexibility index (Phi) is 6.31. The highest BCUT2D eigenvalue weighted by atomic mass is 79.9. The standard InChI is InChI=1S/C14H20BrNO3/c1-9(2)6-11(8-17)16-14(18)10-4-5-13(19-3)12(15)7-10/h4-5,7,9,11,17H,6,8H2,1-3H3,(H,16,18). The van der Waals surface area contributed by atoms with Crippen molar-refractivity contribution in [2.75, 3.05) is 13.7 Å². The van der Waals surface area contributed by atoms with Crippen molar-refractivity contribution in [1.82, 2.24) is 5.32 Å². The fourth-order valence-electron chi connectivity index (χ4n) is 1.82. The molecule has 0 fully saturated rings. The van der Waals surface area contributed by atoms with Gasteiger partial charge in [0.2, 0.25) is 0 Å². The van der Waals surface area contributed by atoms with E-state index in [0.29, 0.717) is 17.2 Å². The minimum Gasteiger partial charge on any atom is -0.496 e. The van der Waals surface area contributed by atoms with Crippen molar-refractivity contribution in [2.45, 2.75) is 26.3 Å². The van der Waals surface area contributed by atoms with Crippen LogP contribution in [0.15, 0.2) is 22.7 Å². The van der Waals surface area contributed by atoms with Crippen molar-refractivity contribution in [1.29, 1.82) is 0 Å². The molecular formula is C14H20BrNO3. The number of ether oxygens (including phenoxy) is 1. The number of amides is 1. The lowest BCUT2D eigenvalue weighted by molar-refractivity contribution is 0.0908. The molecule has 0 saturated heterocycles. The van der Waals surface area contributed by atoms with Gasteiger partial charge in [-0.15, -0.1) is 0 Å². The smallest absolute Gasteiger partial charge is 0.251 e. The van der Waals surface area contributed by atoms with Gasteiger partial charge < -0.3 is 15.2 Å². The summed E-state index contributed by atoms with van der Waals surface area (Å²) in [7, 11) is 1.57. The molecule has 0 bridgehead atoms. The Balaban J connectivity index is 2.74. The molecule has 1 amide bonds. The van der Waals surface area contributed by atoms with Crippen molar-refractivity contribution in [3.63, 3.8) is 0 Å². The van der Waals surface area contributed by atoms with Crippen LogP contribution >= 0.6 is 15.9 Å². The predicted molar refractivity (Wildman–Crippen MR) is 78.5 cm³/mol.